The first kappa shape index (κ1) is 12.9. The van der Waals surface area contributed by atoms with Gasteiger partial charge >= 0.3 is 0 Å². The molecule has 0 radical (unpaired) electrons. The predicted octanol–water partition coefficient (Wildman–Crippen LogP) is 2.41. The maximum Gasteiger partial charge on any atom is 0.282 e. The first-order valence-corrected chi connectivity index (χ1v) is 5.55. The molecule has 1 aromatic carbocycles. The molecular weight excluding hydrogens is 264 g/mol. The molecule has 0 aliphatic carbocycles. The molecule has 7 heteroatoms. The van der Waals surface area contributed by atoms with Crippen molar-refractivity contribution < 1.29 is 13.9 Å². The van der Waals surface area contributed by atoms with Crippen LogP contribution in [0.1, 0.15) is 23.4 Å². The van der Waals surface area contributed by atoms with Crippen LogP contribution >= 0.6 is 11.6 Å². The van der Waals surface area contributed by atoms with Crippen LogP contribution in [0.25, 0.3) is 0 Å². The standard InChI is InChI=1S/C11H10ClF2N3O/c12-8-3-1-7(2-4-8)5-17-10(11(13)14)9(6-18)15-16-17/h1-4,11,18H,5-6H2. The van der Waals surface area contributed by atoms with E-state index >= 15 is 0 Å². The number of rotatable bonds is 4. The summed E-state index contributed by atoms with van der Waals surface area (Å²) in [5.74, 6) is 0. The molecule has 0 bridgehead atoms. The Hall–Kier alpha value is -1.53. The Balaban J connectivity index is 2.28. The van der Waals surface area contributed by atoms with Crippen molar-refractivity contribution in [2.75, 3.05) is 0 Å². The Morgan fingerprint density at radius 2 is 1.94 bits per heavy atom. The summed E-state index contributed by atoms with van der Waals surface area (Å²) in [7, 11) is 0. The van der Waals surface area contributed by atoms with Crippen molar-refractivity contribution in [2.24, 2.45) is 0 Å². The van der Waals surface area contributed by atoms with Gasteiger partial charge in [0.05, 0.1) is 13.2 Å². The summed E-state index contributed by atoms with van der Waals surface area (Å²) in [5.41, 5.74) is 0.321. The molecular formula is C11H10ClF2N3O. The highest BCUT2D eigenvalue weighted by molar-refractivity contribution is 6.30. The minimum absolute atomic E-state index is 0.0982. The molecule has 1 N–H and O–H groups in total. The van der Waals surface area contributed by atoms with Gasteiger partial charge in [0.1, 0.15) is 11.4 Å². The van der Waals surface area contributed by atoms with Gasteiger partial charge in [-0.1, -0.05) is 28.9 Å². The van der Waals surface area contributed by atoms with Gasteiger partial charge in [-0.15, -0.1) is 5.10 Å². The van der Waals surface area contributed by atoms with Gasteiger partial charge < -0.3 is 5.11 Å². The molecule has 0 amide bonds. The van der Waals surface area contributed by atoms with E-state index in [0.717, 1.165) is 10.2 Å². The van der Waals surface area contributed by atoms with E-state index in [2.05, 4.69) is 10.3 Å². The molecule has 0 aliphatic rings. The quantitative estimate of drug-likeness (QED) is 0.931. The summed E-state index contributed by atoms with van der Waals surface area (Å²) < 4.78 is 26.8. The van der Waals surface area contributed by atoms with Crippen LogP contribution in [0.3, 0.4) is 0 Å². The van der Waals surface area contributed by atoms with E-state index in [0.29, 0.717) is 5.02 Å². The summed E-state index contributed by atoms with van der Waals surface area (Å²) in [6, 6.07) is 6.78. The number of aliphatic hydroxyl groups is 1. The topological polar surface area (TPSA) is 50.9 Å². The van der Waals surface area contributed by atoms with Crippen LogP contribution in [-0.4, -0.2) is 20.1 Å². The summed E-state index contributed by atoms with van der Waals surface area (Å²) in [6.07, 6.45) is -2.73. The number of aromatic nitrogens is 3. The molecule has 2 rings (SSSR count). The Morgan fingerprint density at radius 3 is 2.50 bits per heavy atom. The highest BCUT2D eigenvalue weighted by Gasteiger charge is 2.21. The largest absolute Gasteiger partial charge is 0.390 e. The Morgan fingerprint density at radius 1 is 1.28 bits per heavy atom. The van der Waals surface area contributed by atoms with Crippen molar-refractivity contribution in [1.29, 1.82) is 0 Å². The number of alkyl halides is 2. The zero-order chi connectivity index (χ0) is 13.1. The van der Waals surface area contributed by atoms with Crippen LogP contribution < -0.4 is 0 Å². The molecule has 18 heavy (non-hydrogen) atoms. The first-order valence-electron chi connectivity index (χ1n) is 5.17. The second-order valence-electron chi connectivity index (χ2n) is 3.66. The summed E-state index contributed by atoms with van der Waals surface area (Å²) in [4.78, 5) is 0. The van der Waals surface area contributed by atoms with Crippen LogP contribution in [0, 0.1) is 0 Å². The van der Waals surface area contributed by atoms with Crippen LogP contribution in [0.2, 0.25) is 5.02 Å². The maximum absolute atomic E-state index is 12.8. The predicted molar refractivity (Wildman–Crippen MR) is 61.5 cm³/mol. The first-order chi connectivity index (χ1) is 8.61. The molecule has 1 heterocycles. The summed E-state index contributed by atoms with van der Waals surface area (Å²) in [6.45, 7) is -0.399. The zero-order valence-electron chi connectivity index (χ0n) is 9.22. The molecule has 2 aromatic rings. The number of aliphatic hydroxyl groups excluding tert-OH is 1. The summed E-state index contributed by atoms with van der Waals surface area (Å²) in [5, 5.41) is 16.6. The Labute approximate surface area is 107 Å². The van der Waals surface area contributed by atoms with E-state index in [-0.39, 0.29) is 17.9 Å². The SMILES string of the molecule is OCc1nnn(Cc2ccc(Cl)cc2)c1C(F)F. The third-order valence-corrected chi connectivity index (χ3v) is 2.70. The van der Waals surface area contributed by atoms with Crippen molar-refractivity contribution in [3.8, 4) is 0 Å². The van der Waals surface area contributed by atoms with Crippen LogP contribution in [0.5, 0.6) is 0 Å². The van der Waals surface area contributed by atoms with E-state index in [4.69, 9.17) is 16.7 Å². The van der Waals surface area contributed by atoms with Gasteiger partial charge in [-0.25, -0.2) is 13.5 Å². The third kappa shape index (κ3) is 2.65. The molecule has 0 saturated heterocycles. The molecule has 0 saturated carbocycles. The third-order valence-electron chi connectivity index (χ3n) is 2.45. The zero-order valence-corrected chi connectivity index (χ0v) is 9.98. The number of hydrogen-bond acceptors (Lipinski definition) is 3. The lowest BCUT2D eigenvalue weighted by Crippen LogP contribution is -2.08. The van der Waals surface area contributed by atoms with E-state index in [1.165, 1.54) is 0 Å². The van der Waals surface area contributed by atoms with Crippen LogP contribution in [0.4, 0.5) is 8.78 Å². The molecule has 0 atom stereocenters. The van der Waals surface area contributed by atoms with Crippen molar-refractivity contribution in [1.82, 2.24) is 15.0 Å². The monoisotopic (exact) mass is 273 g/mol. The molecule has 0 fully saturated rings. The fraction of sp³-hybridized carbons (Fsp3) is 0.273. The van der Waals surface area contributed by atoms with Gasteiger partial charge in [-0.05, 0) is 17.7 Å². The second kappa shape index (κ2) is 5.41. The minimum atomic E-state index is -2.73. The number of benzene rings is 1. The van der Waals surface area contributed by atoms with Gasteiger partial charge in [0.25, 0.3) is 6.43 Å². The normalized spacial score (nSPS) is 11.2. The maximum atomic E-state index is 12.8. The number of hydrogen-bond donors (Lipinski definition) is 1. The van der Waals surface area contributed by atoms with Crippen molar-refractivity contribution >= 4 is 11.6 Å². The van der Waals surface area contributed by atoms with E-state index in [1.54, 1.807) is 24.3 Å². The average molecular weight is 274 g/mol. The van der Waals surface area contributed by atoms with Crippen LogP contribution in [0.15, 0.2) is 24.3 Å². The molecule has 4 nitrogen and oxygen atoms in total. The van der Waals surface area contributed by atoms with Gasteiger partial charge in [0.2, 0.25) is 0 Å². The lowest BCUT2D eigenvalue weighted by atomic mass is 10.2. The van der Waals surface area contributed by atoms with Crippen molar-refractivity contribution in [3.05, 3.63) is 46.2 Å². The lowest BCUT2D eigenvalue weighted by molar-refractivity contribution is 0.135. The summed E-state index contributed by atoms with van der Waals surface area (Å²) >= 11 is 5.74. The number of nitrogens with zero attached hydrogens (tertiary/aromatic N) is 3. The van der Waals surface area contributed by atoms with Gasteiger partial charge in [0, 0.05) is 5.02 Å². The molecule has 0 spiro atoms. The molecule has 1 aromatic heterocycles. The fourth-order valence-electron chi connectivity index (χ4n) is 1.59. The average Bonchev–Trinajstić information content (AvgIpc) is 2.75. The molecule has 0 unspecified atom stereocenters. The van der Waals surface area contributed by atoms with E-state index < -0.39 is 13.0 Å². The smallest absolute Gasteiger partial charge is 0.282 e. The molecule has 0 aliphatic heterocycles. The van der Waals surface area contributed by atoms with E-state index in [9.17, 15) is 8.78 Å². The highest BCUT2D eigenvalue weighted by atomic mass is 35.5. The van der Waals surface area contributed by atoms with Gasteiger partial charge in [-0.3, -0.25) is 0 Å². The van der Waals surface area contributed by atoms with Crippen molar-refractivity contribution in [2.45, 2.75) is 19.6 Å². The Kier molecular flexibility index (Phi) is 3.88. The second-order valence-corrected chi connectivity index (χ2v) is 4.10. The van der Waals surface area contributed by atoms with Crippen molar-refractivity contribution in [3.63, 3.8) is 0 Å². The minimum Gasteiger partial charge on any atom is -0.390 e. The Bertz CT molecular complexity index is 528. The number of halogens is 3. The molecule has 96 valence electrons. The van der Waals surface area contributed by atoms with Crippen LogP contribution in [-0.2, 0) is 13.2 Å². The highest BCUT2D eigenvalue weighted by Crippen LogP contribution is 2.22. The fourth-order valence-corrected chi connectivity index (χ4v) is 1.71. The van der Waals surface area contributed by atoms with Gasteiger partial charge in [-0.2, -0.15) is 0 Å². The lowest BCUT2D eigenvalue weighted by Gasteiger charge is -2.06. The van der Waals surface area contributed by atoms with Gasteiger partial charge in [0.15, 0.2) is 0 Å². The van der Waals surface area contributed by atoms with E-state index in [1.807, 2.05) is 0 Å².